The molecule has 5 nitrogen and oxygen atoms in total. The van der Waals surface area contributed by atoms with Crippen molar-refractivity contribution >= 4 is 39.0 Å². The van der Waals surface area contributed by atoms with Gasteiger partial charge < -0.3 is 10.2 Å². The van der Waals surface area contributed by atoms with Gasteiger partial charge in [-0.05, 0) is 43.7 Å². The summed E-state index contributed by atoms with van der Waals surface area (Å²) >= 11 is 1.62. The second-order valence-electron chi connectivity index (χ2n) is 5.57. The van der Waals surface area contributed by atoms with E-state index in [-0.39, 0.29) is 18.3 Å². The van der Waals surface area contributed by atoms with Gasteiger partial charge in [-0.3, -0.25) is 4.79 Å². The fourth-order valence-corrected chi connectivity index (χ4v) is 3.47. The van der Waals surface area contributed by atoms with Crippen LogP contribution >= 0.6 is 11.3 Å². The van der Waals surface area contributed by atoms with Gasteiger partial charge in [-0.1, -0.05) is 0 Å². The van der Waals surface area contributed by atoms with E-state index in [1.807, 2.05) is 20.9 Å². The van der Waals surface area contributed by atoms with Crippen LogP contribution in [0.4, 0.5) is 15.9 Å². The summed E-state index contributed by atoms with van der Waals surface area (Å²) in [7, 11) is 1.82. The summed E-state index contributed by atoms with van der Waals surface area (Å²) in [5.74, 6) is 0.202. The van der Waals surface area contributed by atoms with Gasteiger partial charge in [0.15, 0.2) is 0 Å². The zero-order chi connectivity index (χ0) is 17.3. The number of nitrogens with one attached hydrogen (secondary N) is 1. The molecule has 3 rings (SSSR count). The number of carbonyl (C=O) groups is 1. The molecule has 7 heteroatoms. The molecule has 0 saturated carbocycles. The molecule has 2 heterocycles. The molecule has 0 aliphatic carbocycles. The maximum Gasteiger partial charge on any atom is 0.243 e. The van der Waals surface area contributed by atoms with Gasteiger partial charge in [0.1, 0.15) is 22.8 Å². The van der Waals surface area contributed by atoms with Crippen molar-refractivity contribution in [2.24, 2.45) is 0 Å². The zero-order valence-electron chi connectivity index (χ0n) is 13.6. The number of aromatic nitrogens is 2. The molecular formula is C17H17FN4OS. The first-order valence-electron chi connectivity index (χ1n) is 7.43. The van der Waals surface area contributed by atoms with E-state index in [0.29, 0.717) is 5.69 Å². The van der Waals surface area contributed by atoms with Gasteiger partial charge in [-0.15, -0.1) is 11.3 Å². The number of benzene rings is 1. The van der Waals surface area contributed by atoms with Gasteiger partial charge in [-0.25, -0.2) is 14.4 Å². The molecule has 124 valence electrons. The number of anilines is 2. The van der Waals surface area contributed by atoms with Crippen LogP contribution in [0.15, 0.2) is 30.6 Å². The molecule has 0 fully saturated rings. The molecule has 0 aliphatic heterocycles. The van der Waals surface area contributed by atoms with E-state index in [9.17, 15) is 9.18 Å². The minimum absolute atomic E-state index is 0.137. The molecule has 0 spiro atoms. The van der Waals surface area contributed by atoms with Gasteiger partial charge in [0.2, 0.25) is 5.91 Å². The summed E-state index contributed by atoms with van der Waals surface area (Å²) < 4.78 is 12.9. The first-order valence-corrected chi connectivity index (χ1v) is 8.24. The highest BCUT2D eigenvalue weighted by Crippen LogP contribution is 2.33. The van der Waals surface area contributed by atoms with E-state index in [2.05, 4.69) is 15.3 Å². The number of likely N-dealkylation sites (N-methyl/N-ethyl adjacent to an activating group) is 1. The van der Waals surface area contributed by atoms with E-state index in [0.717, 1.165) is 21.6 Å². The van der Waals surface area contributed by atoms with Crippen molar-refractivity contribution in [3.05, 3.63) is 46.9 Å². The molecule has 0 saturated heterocycles. The first kappa shape index (κ1) is 16.3. The average molecular weight is 344 g/mol. The quantitative estimate of drug-likeness (QED) is 0.787. The molecule has 1 N–H and O–H groups in total. The average Bonchev–Trinajstić information content (AvgIpc) is 2.84. The van der Waals surface area contributed by atoms with Crippen molar-refractivity contribution in [3.8, 4) is 0 Å². The molecule has 24 heavy (non-hydrogen) atoms. The number of nitrogens with zero attached hydrogens (tertiary/aromatic N) is 3. The predicted octanol–water partition coefficient (Wildman–Crippen LogP) is 3.52. The Hall–Kier alpha value is -2.54. The Morgan fingerprint density at radius 1 is 1.25 bits per heavy atom. The van der Waals surface area contributed by atoms with E-state index >= 15 is 0 Å². The molecule has 0 atom stereocenters. The minimum Gasteiger partial charge on any atom is -0.350 e. The third kappa shape index (κ3) is 3.21. The number of thiophene rings is 1. The zero-order valence-corrected chi connectivity index (χ0v) is 14.4. The number of halogens is 1. The standard InChI is InChI=1S/C17H17FN4OS/c1-10-11(2)24-17-15(10)16(19-9-20-17)22(3)8-14(23)21-13-6-4-12(18)5-7-13/h4-7,9H,8H2,1-3H3,(H,21,23). The Balaban J connectivity index is 1.78. The number of hydrogen-bond acceptors (Lipinski definition) is 5. The van der Waals surface area contributed by atoms with Crippen molar-refractivity contribution in [1.82, 2.24) is 9.97 Å². The molecule has 0 aliphatic rings. The molecule has 0 radical (unpaired) electrons. The molecule has 1 aromatic carbocycles. The second-order valence-corrected chi connectivity index (χ2v) is 6.78. The third-order valence-corrected chi connectivity index (χ3v) is 4.93. The minimum atomic E-state index is -0.336. The van der Waals surface area contributed by atoms with E-state index < -0.39 is 0 Å². The maximum absolute atomic E-state index is 12.9. The lowest BCUT2D eigenvalue weighted by Crippen LogP contribution is -2.30. The first-order chi connectivity index (χ1) is 11.5. The van der Waals surface area contributed by atoms with Gasteiger partial charge in [0.05, 0.1) is 11.9 Å². The highest BCUT2D eigenvalue weighted by molar-refractivity contribution is 7.18. The lowest BCUT2D eigenvalue weighted by Gasteiger charge is -2.18. The highest BCUT2D eigenvalue weighted by atomic mass is 32.1. The predicted molar refractivity (Wildman–Crippen MR) is 95.2 cm³/mol. The Labute approximate surface area is 143 Å². The van der Waals surface area contributed by atoms with Gasteiger partial charge in [0, 0.05) is 17.6 Å². The Morgan fingerprint density at radius 2 is 1.96 bits per heavy atom. The SMILES string of the molecule is Cc1sc2ncnc(N(C)CC(=O)Nc3ccc(F)cc3)c2c1C. The Morgan fingerprint density at radius 3 is 2.67 bits per heavy atom. The molecule has 3 aromatic rings. The van der Waals surface area contributed by atoms with Crippen LogP contribution in [0.2, 0.25) is 0 Å². The number of aryl methyl sites for hydroxylation is 2. The van der Waals surface area contributed by atoms with Crippen molar-refractivity contribution < 1.29 is 9.18 Å². The van der Waals surface area contributed by atoms with Crippen LogP contribution in [0, 0.1) is 19.7 Å². The van der Waals surface area contributed by atoms with Gasteiger partial charge in [0.25, 0.3) is 0 Å². The van der Waals surface area contributed by atoms with Gasteiger partial charge in [-0.2, -0.15) is 0 Å². The molecule has 0 unspecified atom stereocenters. The maximum atomic E-state index is 12.9. The van der Waals surface area contributed by atoms with Crippen LogP contribution in [0.3, 0.4) is 0 Å². The molecule has 2 aromatic heterocycles. The number of rotatable bonds is 4. The lowest BCUT2D eigenvalue weighted by molar-refractivity contribution is -0.114. The van der Waals surface area contributed by atoms with E-state index in [1.54, 1.807) is 16.2 Å². The molecule has 1 amide bonds. The van der Waals surface area contributed by atoms with E-state index in [1.165, 1.54) is 35.5 Å². The van der Waals surface area contributed by atoms with Gasteiger partial charge >= 0.3 is 0 Å². The van der Waals surface area contributed by atoms with Crippen LogP contribution in [0.1, 0.15) is 10.4 Å². The van der Waals surface area contributed by atoms with Crippen LogP contribution in [0.5, 0.6) is 0 Å². The van der Waals surface area contributed by atoms with Crippen LogP contribution in [-0.4, -0.2) is 29.5 Å². The number of hydrogen-bond donors (Lipinski definition) is 1. The van der Waals surface area contributed by atoms with Crippen LogP contribution in [0.25, 0.3) is 10.2 Å². The van der Waals surface area contributed by atoms with Crippen LogP contribution in [-0.2, 0) is 4.79 Å². The van der Waals surface area contributed by atoms with Crippen molar-refractivity contribution in [1.29, 1.82) is 0 Å². The molecular weight excluding hydrogens is 327 g/mol. The normalized spacial score (nSPS) is 10.8. The summed E-state index contributed by atoms with van der Waals surface area (Å²) in [5, 5.41) is 3.73. The Kier molecular flexibility index (Phi) is 4.44. The summed E-state index contributed by atoms with van der Waals surface area (Å²) in [6, 6.07) is 5.68. The topological polar surface area (TPSA) is 58.1 Å². The van der Waals surface area contributed by atoms with Crippen LogP contribution < -0.4 is 10.2 Å². The molecule has 0 bridgehead atoms. The number of amides is 1. The van der Waals surface area contributed by atoms with Crippen molar-refractivity contribution in [3.63, 3.8) is 0 Å². The van der Waals surface area contributed by atoms with Crippen molar-refractivity contribution in [2.45, 2.75) is 13.8 Å². The highest BCUT2D eigenvalue weighted by Gasteiger charge is 2.16. The Bertz CT molecular complexity index is 891. The second kappa shape index (κ2) is 6.52. The fourth-order valence-electron chi connectivity index (χ4n) is 2.48. The van der Waals surface area contributed by atoms with Crippen molar-refractivity contribution in [2.75, 3.05) is 23.8 Å². The summed E-state index contributed by atoms with van der Waals surface area (Å²) in [6.45, 7) is 4.22. The fraction of sp³-hybridized carbons (Fsp3) is 0.235. The lowest BCUT2D eigenvalue weighted by atomic mass is 10.2. The largest absolute Gasteiger partial charge is 0.350 e. The number of carbonyl (C=O) groups excluding carboxylic acids is 1. The summed E-state index contributed by atoms with van der Waals surface area (Å²) in [5.41, 5.74) is 1.70. The number of fused-ring (bicyclic) bond motifs is 1. The van der Waals surface area contributed by atoms with E-state index in [4.69, 9.17) is 0 Å². The summed E-state index contributed by atoms with van der Waals surface area (Å²) in [4.78, 5) is 24.8. The smallest absolute Gasteiger partial charge is 0.243 e. The summed E-state index contributed by atoms with van der Waals surface area (Å²) in [6.07, 6.45) is 1.52. The monoisotopic (exact) mass is 344 g/mol. The third-order valence-electron chi connectivity index (χ3n) is 3.82.